The molecule has 0 heterocycles. The maximum Gasteiger partial charge on any atom is 0.0429 e. The fourth-order valence-electron chi connectivity index (χ4n) is 3.26. The van der Waals surface area contributed by atoms with Crippen molar-refractivity contribution in [3.05, 3.63) is 101 Å². The van der Waals surface area contributed by atoms with Crippen LogP contribution in [0, 0.1) is 6.92 Å². The van der Waals surface area contributed by atoms with E-state index in [4.69, 9.17) is 11.6 Å². The molecule has 2 heteroatoms. The highest BCUT2D eigenvalue weighted by molar-refractivity contribution is 6.31. The Morgan fingerprint density at radius 3 is 2.42 bits per heavy atom. The number of hydrogen-bond acceptors (Lipinski definition) is 1. The van der Waals surface area contributed by atoms with Crippen LogP contribution >= 0.6 is 11.6 Å². The quantitative estimate of drug-likeness (QED) is 0.411. The van der Waals surface area contributed by atoms with Gasteiger partial charge in [0.1, 0.15) is 0 Å². The highest BCUT2D eigenvalue weighted by atomic mass is 35.5. The van der Waals surface area contributed by atoms with Crippen LogP contribution in [0.2, 0.25) is 5.02 Å². The van der Waals surface area contributed by atoms with Gasteiger partial charge in [-0.2, -0.15) is 0 Å². The predicted octanol–water partition coefficient (Wildman–Crippen LogP) is 7.08. The highest BCUT2D eigenvalue weighted by Crippen LogP contribution is 2.33. The van der Waals surface area contributed by atoms with Gasteiger partial charge in [-0.05, 0) is 53.3 Å². The van der Waals surface area contributed by atoms with Gasteiger partial charge in [-0.3, -0.25) is 0 Å². The molecule has 0 amide bonds. The van der Waals surface area contributed by atoms with Crippen molar-refractivity contribution in [2.45, 2.75) is 13.5 Å². The molecule has 0 aromatic heterocycles. The molecule has 0 aliphatic heterocycles. The van der Waals surface area contributed by atoms with Gasteiger partial charge in [0.05, 0.1) is 0 Å². The number of fused-ring (bicyclic) bond motifs is 1. The van der Waals surface area contributed by atoms with E-state index in [0.29, 0.717) is 0 Å². The normalized spacial score (nSPS) is 10.8. The number of hydrogen-bond donors (Lipinski definition) is 1. The van der Waals surface area contributed by atoms with Crippen molar-refractivity contribution in [1.29, 1.82) is 0 Å². The van der Waals surface area contributed by atoms with Crippen molar-refractivity contribution in [3.63, 3.8) is 0 Å². The van der Waals surface area contributed by atoms with Crippen LogP contribution in [0.5, 0.6) is 0 Å². The highest BCUT2D eigenvalue weighted by Gasteiger charge is 2.07. The molecule has 128 valence electrons. The fraction of sp³-hybridized carbons (Fsp3) is 0.0833. The summed E-state index contributed by atoms with van der Waals surface area (Å²) < 4.78 is 0. The van der Waals surface area contributed by atoms with E-state index >= 15 is 0 Å². The van der Waals surface area contributed by atoms with E-state index in [0.717, 1.165) is 22.6 Å². The number of rotatable bonds is 4. The van der Waals surface area contributed by atoms with Crippen molar-refractivity contribution >= 4 is 28.1 Å². The van der Waals surface area contributed by atoms with Gasteiger partial charge < -0.3 is 5.32 Å². The van der Waals surface area contributed by atoms with Crippen molar-refractivity contribution in [2.75, 3.05) is 5.32 Å². The first-order chi connectivity index (χ1) is 12.7. The minimum atomic E-state index is 0.753. The summed E-state index contributed by atoms with van der Waals surface area (Å²) in [6, 6.07) is 29.6. The third-order valence-corrected chi connectivity index (χ3v) is 4.83. The summed E-state index contributed by atoms with van der Waals surface area (Å²) in [7, 11) is 0. The topological polar surface area (TPSA) is 12.0 Å². The van der Waals surface area contributed by atoms with Crippen molar-refractivity contribution in [1.82, 2.24) is 0 Å². The third kappa shape index (κ3) is 3.58. The molecule has 0 saturated carbocycles. The lowest BCUT2D eigenvalue weighted by Crippen LogP contribution is -2.00. The van der Waals surface area contributed by atoms with Crippen LogP contribution in [-0.4, -0.2) is 0 Å². The van der Waals surface area contributed by atoms with Crippen molar-refractivity contribution < 1.29 is 0 Å². The summed E-state index contributed by atoms with van der Waals surface area (Å²) in [6.07, 6.45) is 0. The van der Waals surface area contributed by atoms with Gasteiger partial charge in [0.15, 0.2) is 0 Å². The Balaban J connectivity index is 1.79. The molecule has 0 aliphatic rings. The first-order valence-electron chi connectivity index (χ1n) is 8.77. The molecule has 0 radical (unpaired) electrons. The van der Waals surface area contributed by atoms with Crippen molar-refractivity contribution in [3.8, 4) is 11.1 Å². The van der Waals surface area contributed by atoms with E-state index in [1.807, 2.05) is 18.2 Å². The van der Waals surface area contributed by atoms with E-state index in [-0.39, 0.29) is 0 Å². The molecule has 4 rings (SSSR count). The van der Waals surface area contributed by atoms with Crippen LogP contribution in [0.25, 0.3) is 21.9 Å². The number of nitrogens with one attached hydrogen (secondary N) is 1. The number of anilines is 1. The Morgan fingerprint density at radius 2 is 1.62 bits per heavy atom. The third-order valence-electron chi connectivity index (χ3n) is 4.59. The van der Waals surface area contributed by atoms with Gasteiger partial charge in [-0.15, -0.1) is 0 Å². The molecule has 4 aromatic rings. The van der Waals surface area contributed by atoms with Gasteiger partial charge in [-0.25, -0.2) is 0 Å². The minimum absolute atomic E-state index is 0.753. The van der Waals surface area contributed by atoms with Gasteiger partial charge >= 0.3 is 0 Å². The summed E-state index contributed by atoms with van der Waals surface area (Å²) in [5.74, 6) is 0. The van der Waals surface area contributed by atoms with E-state index in [2.05, 4.69) is 79.0 Å². The summed E-state index contributed by atoms with van der Waals surface area (Å²) in [5, 5.41) is 6.68. The summed E-state index contributed by atoms with van der Waals surface area (Å²) >= 11 is 6.26. The first-order valence-corrected chi connectivity index (χ1v) is 9.15. The SMILES string of the molecule is Cc1cccc(-c2cc(NCc3ccccc3)c3cc(Cl)ccc3c2)c1. The molecule has 0 fully saturated rings. The lowest BCUT2D eigenvalue weighted by atomic mass is 9.98. The maximum atomic E-state index is 6.26. The Morgan fingerprint density at radius 1 is 0.769 bits per heavy atom. The second-order valence-corrected chi connectivity index (χ2v) is 7.03. The Kier molecular flexibility index (Phi) is 4.64. The number of benzene rings is 4. The van der Waals surface area contributed by atoms with Crippen LogP contribution in [0.1, 0.15) is 11.1 Å². The molecule has 4 aromatic carbocycles. The van der Waals surface area contributed by atoms with E-state index in [1.54, 1.807) is 0 Å². The molecule has 1 nitrogen and oxygen atoms in total. The molecule has 0 spiro atoms. The maximum absolute atomic E-state index is 6.26. The fourth-order valence-corrected chi connectivity index (χ4v) is 3.43. The van der Waals surface area contributed by atoms with Crippen LogP contribution in [0.15, 0.2) is 84.9 Å². The zero-order valence-corrected chi connectivity index (χ0v) is 15.4. The lowest BCUT2D eigenvalue weighted by Gasteiger charge is -2.14. The number of halogens is 1. The molecule has 1 N–H and O–H groups in total. The van der Waals surface area contributed by atoms with Crippen LogP contribution in [0.3, 0.4) is 0 Å². The Labute approximate surface area is 159 Å². The molecule has 0 unspecified atom stereocenters. The zero-order chi connectivity index (χ0) is 17.9. The van der Waals surface area contributed by atoms with E-state index < -0.39 is 0 Å². The second-order valence-electron chi connectivity index (χ2n) is 6.60. The van der Waals surface area contributed by atoms with Gasteiger partial charge in [0, 0.05) is 22.6 Å². The standard InChI is InChI=1S/C24H20ClN/c1-17-6-5-9-19(12-17)21-13-20-10-11-22(25)15-23(20)24(14-21)26-16-18-7-3-2-4-8-18/h2-15,26H,16H2,1H3. The molecule has 0 bridgehead atoms. The van der Waals surface area contributed by atoms with Crippen LogP contribution in [0.4, 0.5) is 5.69 Å². The molecule has 0 aliphatic carbocycles. The predicted molar refractivity (Wildman–Crippen MR) is 113 cm³/mol. The number of aryl methyl sites for hydroxylation is 1. The molecule has 0 saturated heterocycles. The lowest BCUT2D eigenvalue weighted by molar-refractivity contribution is 1.15. The first kappa shape index (κ1) is 16.7. The van der Waals surface area contributed by atoms with E-state index in [1.165, 1.54) is 27.6 Å². The second kappa shape index (κ2) is 7.23. The smallest absolute Gasteiger partial charge is 0.0429 e. The van der Waals surface area contributed by atoms with E-state index in [9.17, 15) is 0 Å². The largest absolute Gasteiger partial charge is 0.380 e. The summed E-state index contributed by atoms with van der Waals surface area (Å²) in [4.78, 5) is 0. The molecular weight excluding hydrogens is 338 g/mol. The monoisotopic (exact) mass is 357 g/mol. The molecular formula is C24H20ClN. The average Bonchev–Trinajstić information content (AvgIpc) is 2.67. The van der Waals surface area contributed by atoms with Gasteiger partial charge in [0.25, 0.3) is 0 Å². The molecule has 26 heavy (non-hydrogen) atoms. The Bertz CT molecular complexity index is 1050. The average molecular weight is 358 g/mol. The van der Waals surface area contributed by atoms with Crippen LogP contribution in [-0.2, 0) is 6.54 Å². The zero-order valence-electron chi connectivity index (χ0n) is 14.7. The van der Waals surface area contributed by atoms with Gasteiger partial charge in [0.2, 0.25) is 0 Å². The summed E-state index contributed by atoms with van der Waals surface area (Å²) in [6.45, 7) is 2.90. The van der Waals surface area contributed by atoms with Crippen molar-refractivity contribution in [2.24, 2.45) is 0 Å². The van der Waals surface area contributed by atoms with Gasteiger partial charge in [-0.1, -0.05) is 77.8 Å². The molecule has 0 atom stereocenters. The summed E-state index contributed by atoms with van der Waals surface area (Å²) in [5.41, 5.74) is 6.05. The minimum Gasteiger partial charge on any atom is -0.380 e. The Hall–Kier alpha value is -2.77. The van der Waals surface area contributed by atoms with Crippen LogP contribution < -0.4 is 5.32 Å².